The van der Waals surface area contributed by atoms with Crippen LogP contribution in [0.4, 0.5) is 0 Å². The number of benzene rings is 2. The fourth-order valence-electron chi connectivity index (χ4n) is 2.42. The Morgan fingerprint density at radius 2 is 1.76 bits per heavy atom. The van der Waals surface area contributed by atoms with Crippen molar-refractivity contribution in [2.45, 2.75) is 26.8 Å². The van der Waals surface area contributed by atoms with E-state index in [0.29, 0.717) is 23.7 Å². The van der Waals surface area contributed by atoms with Gasteiger partial charge in [-0.25, -0.2) is 0 Å². The van der Waals surface area contributed by atoms with E-state index in [1.807, 2.05) is 37.3 Å². The van der Waals surface area contributed by atoms with E-state index in [-0.39, 0.29) is 24.8 Å². The summed E-state index contributed by atoms with van der Waals surface area (Å²) in [5.74, 6) is -0.451. The fourth-order valence-corrected chi connectivity index (χ4v) is 2.62. The van der Waals surface area contributed by atoms with Gasteiger partial charge in [0.1, 0.15) is 0 Å². The van der Waals surface area contributed by atoms with Crippen molar-refractivity contribution < 1.29 is 14.3 Å². The van der Waals surface area contributed by atoms with Gasteiger partial charge in [-0.2, -0.15) is 0 Å². The normalized spacial score (nSPS) is 10.4. The van der Waals surface area contributed by atoms with Gasteiger partial charge in [0.2, 0.25) is 0 Å². The van der Waals surface area contributed by atoms with Crippen molar-refractivity contribution in [2.24, 2.45) is 0 Å². The number of hydrogen-bond donors (Lipinski definition) is 0. The Morgan fingerprint density at radius 3 is 2.40 bits per heavy atom. The smallest absolute Gasteiger partial charge is 0.307 e. The Balaban J connectivity index is 2.18. The zero-order chi connectivity index (χ0) is 18.2. The maximum absolute atomic E-state index is 12.9. The standard InChI is InChI=1S/C20H22ClNO3/c1-3-25-19(23)12-13-22(14-17-6-4-5-7-18(17)21)20(24)16-10-8-15(2)9-11-16/h4-11H,3,12-14H2,1-2H3. The molecule has 25 heavy (non-hydrogen) atoms. The molecule has 0 unspecified atom stereocenters. The molecule has 5 heteroatoms. The summed E-state index contributed by atoms with van der Waals surface area (Å²) in [7, 11) is 0. The molecule has 1 amide bonds. The van der Waals surface area contributed by atoms with E-state index >= 15 is 0 Å². The minimum absolute atomic E-state index is 0.135. The molecule has 0 aliphatic rings. The molecule has 0 N–H and O–H groups in total. The number of hydrogen-bond acceptors (Lipinski definition) is 3. The Labute approximate surface area is 153 Å². The zero-order valence-electron chi connectivity index (χ0n) is 14.5. The Morgan fingerprint density at radius 1 is 1.08 bits per heavy atom. The molecule has 0 atom stereocenters. The maximum Gasteiger partial charge on any atom is 0.307 e. The molecular weight excluding hydrogens is 338 g/mol. The summed E-state index contributed by atoms with van der Waals surface area (Å²) in [5.41, 5.74) is 2.51. The molecule has 4 nitrogen and oxygen atoms in total. The Hall–Kier alpha value is -2.33. The summed E-state index contributed by atoms with van der Waals surface area (Å²) in [6, 6.07) is 14.8. The molecular formula is C20H22ClNO3. The number of halogens is 1. The molecule has 0 saturated carbocycles. The van der Waals surface area contributed by atoms with Gasteiger partial charge in [0.25, 0.3) is 5.91 Å². The molecule has 0 fully saturated rings. The number of nitrogens with zero attached hydrogens (tertiary/aromatic N) is 1. The quantitative estimate of drug-likeness (QED) is 0.694. The number of amides is 1. The first-order valence-electron chi connectivity index (χ1n) is 8.26. The summed E-state index contributed by atoms with van der Waals surface area (Å²) in [6.45, 7) is 4.67. The van der Waals surface area contributed by atoms with Gasteiger partial charge in [-0.15, -0.1) is 0 Å². The highest BCUT2D eigenvalue weighted by Crippen LogP contribution is 2.19. The third-order valence-corrected chi connectivity index (χ3v) is 4.16. The molecule has 0 saturated heterocycles. The number of aryl methyl sites for hydroxylation is 1. The van der Waals surface area contributed by atoms with Crippen LogP contribution >= 0.6 is 11.6 Å². The monoisotopic (exact) mass is 359 g/mol. The van der Waals surface area contributed by atoms with Crippen LogP contribution < -0.4 is 0 Å². The molecule has 0 aromatic heterocycles. The maximum atomic E-state index is 12.9. The molecule has 2 aromatic rings. The highest BCUT2D eigenvalue weighted by atomic mass is 35.5. The lowest BCUT2D eigenvalue weighted by atomic mass is 10.1. The van der Waals surface area contributed by atoms with Gasteiger partial charge in [-0.3, -0.25) is 9.59 Å². The zero-order valence-corrected chi connectivity index (χ0v) is 15.3. The van der Waals surface area contributed by atoms with Gasteiger partial charge >= 0.3 is 5.97 Å². The first kappa shape index (κ1) is 19.0. The molecule has 2 aromatic carbocycles. The highest BCUT2D eigenvalue weighted by Gasteiger charge is 2.18. The third kappa shape index (κ3) is 5.61. The summed E-state index contributed by atoms with van der Waals surface area (Å²) >= 11 is 6.22. The Bertz CT molecular complexity index is 728. The SMILES string of the molecule is CCOC(=O)CCN(Cc1ccccc1Cl)C(=O)c1ccc(C)cc1. The second kappa shape index (κ2) is 9.23. The van der Waals surface area contributed by atoms with Crippen molar-refractivity contribution in [3.63, 3.8) is 0 Å². The summed E-state index contributed by atoms with van der Waals surface area (Å²) in [4.78, 5) is 26.2. The molecule has 0 spiro atoms. The van der Waals surface area contributed by atoms with Gasteiger partial charge in [0.15, 0.2) is 0 Å². The second-order valence-electron chi connectivity index (χ2n) is 5.74. The number of carbonyl (C=O) groups is 2. The van der Waals surface area contributed by atoms with E-state index in [0.717, 1.165) is 11.1 Å². The largest absolute Gasteiger partial charge is 0.466 e. The highest BCUT2D eigenvalue weighted by molar-refractivity contribution is 6.31. The second-order valence-corrected chi connectivity index (χ2v) is 6.15. The van der Waals surface area contributed by atoms with Gasteiger partial charge in [0, 0.05) is 23.7 Å². The number of ether oxygens (including phenoxy) is 1. The molecule has 132 valence electrons. The summed E-state index contributed by atoms with van der Waals surface area (Å²) in [6.07, 6.45) is 0.149. The van der Waals surface area contributed by atoms with E-state index in [1.54, 1.807) is 30.0 Å². The predicted octanol–water partition coefficient (Wildman–Crippen LogP) is 4.24. The van der Waals surface area contributed by atoms with Crippen LogP contribution in [0.5, 0.6) is 0 Å². The van der Waals surface area contributed by atoms with Crippen molar-refractivity contribution in [1.82, 2.24) is 4.90 Å². The van der Waals surface area contributed by atoms with Gasteiger partial charge in [-0.05, 0) is 37.6 Å². The van der Waals surface area contributed by atoms with Gasteiger partial charge in [0.05, 0.1) is 13.0 Å². The molecule has 0 radical (unpaired) electrons. The van der Waals surface area contributed by atoms with Gasteiger partial charge < -0.3 is 9.64 Å². The van der Waals surface area contributed by atoms with Gasteiger partial charge in [-0.1, -0.05) is 47.5 Å². The average Bonchev–Trinajstić information content (AvgIpc) is 2.60. The minimum atomic E-state index is -0.316. The predicted molar refractivity (Wildman–Crippen MR) is 98.6 cm³/mol. The molecule has 0 heterocycles. The first-order chi connectivity index (χ1) is 12.0. The van der Waals surface area contributed by atoms with Crippen LogP contribution in [0.3, 0.4) is 0 Å². The van der Waals surface area contributed by atoms with E-state index in [2.05, 4.69) is 0 Å². The Kier molecular flexibility index (Phi) is 7.02. The minimum Gasteiger partial charge on any atom is -0.466 e. The lowest BCUT2D eigenvalue weighted by Crippen LogP contribution is -2.33. The van der Waals surface area contributed by atoms with Crippen molar-refractivity contribution in [3.8, 4) is 0 Å². The number of carbonyl (C=O) groups excluding carboxylic acids is 2. The molecule has 0 aliphatic heterocycles. The van der Waals surface area contributed by atoms with Crippen LogP contribution in [0.15, 0.2) is 48.5 Å². The van der Waals surface area contributed by atoms with E-state index in [1.165, 1.54) is 0 Å². The van der Waals surface area contributed by atoms with Crippen molar-refractivity contribution in [3.05, 3.63) is 70.2 Å². The number of esters is 1. The first-order valence-corrected chi connectivity index (χ1v) is 8.64. The van der Waals surface area contributed by atoms with E-state index in [9.17, 15) is 9.59 Å². The van der Waals surface area contributed by atoms with Crippen LogP contribution in [-0.4, -0.2) is 29.9 Å². The molecule has 0 aliphatic carbocycles. The average molecular weight is 360 g/mol. The molecule has 2 rings (SSSR count). The third-order valence-electron chi connectivity index (χ3n) is 3.80. The van der Waals surface area contributed by atoms with Crippen LogP contribution in [0.2, 0.25) is 5.02 Å². The van der Waals surface area contributed by atoms with Crippen LogP contribution in [0.1, 0.15) is 34.8 Å². The van der Waals surface area contributed by atoms with Crippen LogP contribution in [0.25, 0.3) is 0 Å². The lowest BCUT2D eigenvalue weighted by Gasteiger charge is -2.23. The fraction of sp³-hybridized carbons (Fsp3) is 0.300. The number of rotatable bonds is 7. The van der Waals surface area contributed by atoms with E-state index in [4.69, 9.17) is 16.3 Å². The lowest BCUT2D eigenvalue weighted by molar-refractivity contribution is -0.143. The molecule has 0 bridgehead atoms. The van der Waals surface area contributed by atoms with Crippen molar-refractivity contribution in [1.29, 1.82) is 0 Å². The van der Waals surface area contributed by atoms with Crippen LogP contribution in [0, 0.1) is 6.92 Å². The van der Waals surface area contributed by atoms with Crippen molar-refractivity contribution >= 4 is 23.5 Å². The summed E-state index contributed by atoms with van der Waals surface area (Å²) < 4.78 is 4.96. The topological polar surface area (TPSA) is 46.6 Å². The van der Waals surface area contributed by atoms with E-state index < -0.39 is 0 Å². The summed E-state index contributed by atoms with van der Waals surface area (Å²) in [5, 5.41) is 0.598. The van der Waals surface area contributed by atoms with Crippen molar-refractivity contribution in [2.75, 3.05) is 13.2 Å². The van der Waals surface area contributed by atoms with Crippen LogP contribution in [-0.2, 0) is 16.1 Å².